The molecule has 0 radical (unpaired) electrons. The first-order chi connectivity index (χ1) is 8.59. The summed E-state index contributed by atoms with van der Waals surface area (Å²) < 4.78 is 1.04. The van der Waals surface area contributed by atoms with Gasteiger partial charge in [0, 0.05) is 15.7 Å². The first-order valence-corrected chi connectivity index (χ1v) is 7.43. The molecular formula is C14H18INO2. The molecule has 0 bridgehead atoms. The van der Waals surface area contributed by atoms with Crippen LogP contribution in [0.2, 0.25) is 0 Å². The predicted molar refractivity (Wildman–Crippen MR) is 79.5 cm³/mol. The fraction of sp³-hybridized carbons (Fsp3) is 0.500. The summed E-state index contributed by atoms with van der Waals surface area (Å²) in [5, 5.41) is 13.1. The summed E-state index contributed by atoms with van der Waals surface area (Å²) in [6.45, 7) is 0.358. The van der Waals surface area contributed by atoms with Crippen molar-refractivity contribution in [2.24, 2.45) is 0 Å². The number of rotatable bonds is 3. The number of benzene rings is 1. The Morgan fingerprint density at radius 2 is 2.06 bits per heavy atom. The van der Waals surface area contributed by atoms with Gasteiger partial charge in [0.2, 0.25) is 0 Å². The highest BCUT2D eigenvalue weighted by Crippen LogP contribution is 2.27. The van der Waals surface area contributed by atoms with Gasteiger partial charge in [0.05, 0.1) is 5.60 Å². The second kappa shape index (κ2) is 6.02. The van der Waals surface area contributed by atoms with E-state index < -0.39 is 5.60 Å². The van der Waals surface area contributed by atoms with E-state index >= 15 is 0 Å². The van der Waals surface area contributed by atoms with Crippen LogP contribution in [0.5, 0.6) is 0 Å². The third-order valence-corrected chi connectivity index (χ3v) is 4.12. The number of aliphatic hydroxyl groups is 1. The van der Waals surface area contributed by atoms with Gasteiger partial charge >= 0.3 is 0 Å². The van der Waals surface area contributed by atoms with Gasteiger partial charge < -0.3 is 10.4 Å². The zero-order valence-electron chi connectivity index (χ0n) is 10.3. The maximum atomic E-state index is 12.0. The fourth-order valence-electron chi connectivity index (χ4n) is 2.36. The molecule has 1 aromatic carbocycles. The minimum Gasteiger partial charge on any atom is -0.388 e. The third-order valence-electron chi connectivity index (χ3n) is 3.45. The first-order valence-electron chi connectivity index (χ1n) is 6.35. The SMILES string of the molecule is O=C(NCC1(O)CCCCC1)c1cccc(I)c1. The van der Waals surface area contributed by atoms with Gasteiger partial charge in [-0.3, -0.25) is 4.79 Å². The van der Waals surface area contributed by atoms with Crippen molar-refractivity contribution >= 4 is 28.5 Å². The van der Waals surface area contributed by atoms with Crippen LogP contribution in [0.25, 0.3) is 0 Å². The number of hydrogen-bond acceptors (Lipinski definition) is 2. The van der Waals surface area contributed by atoms with Crippen LogP contribution < -0.4 is 5.32 Å². The van der Waals surface area contributed by atoms with Gasteiger partial charge in [0.25, 0.3) is 5.91 Å². The van der Waals surface area contributed by atoms with Crippen LogP contribution in [-0.2, 0) is 0 Å². The van der Waals surface area contributed by atoms with Crippen molar-refractivity contribution < 1.29 is 9.90 Å². The van der Waals surface area contributed by atoms with Crippen molar-refractivity contribution in [3.63, 3.8) is 0 Å². The average Bonchev–Trinajstić information content (AvgIpc) is 2.37. The quantitative estimate of drug-likeness (QED) is 0.816. The Bertz CT molecular complexity index is 428. The molecule has 1 aliphatic rings. The molecule has 18 heavy (non-hydrogen) atoms. The Balaban J connectivity index is 1.92. The smallest absolute Gasteiger partial charge is 0.251 e. The van der Waals surface area contributed by atoms with Gasteiger partial charge in [-0.05, 0) is 53.6 Å². The standard InChI is InChI=1S/C14H18INO2/c15-12-6-4-5-11(9-12)13(17)16-10-14(18)7-2-1-3-8-14/h4-6,9,18H,1-3,7-8,10H2,(H,16,17). The number of nitrogens with one attached hydrogen (secondary N) is 1. The molecule has 0 aromatic heterocycles. The third kappa shape index (κ3) is 3.68. The van der Waals surface area contributed by atoms with Gasteiger partial charge in [-0.2, -0.15) is 0 Å². The van der Waals surface area contributed by atoms with Crippen molar-refractivity contribution in [3.05, 3.63) is 33.4 Å². The van der Waals surface area contributed by atoms with Crippen molar-refractivity contribution in [2.45, 2.75) is 37.7 Å². The van der Waals surface area contributed by atoms with Crippen molar-refractivity contribution in [1.29, 1.82) is 0 Å². The highest BCUT2D eigenvalue weighted by molar-refractivity contribution is 14.1. The van der Waals surface area contributed by atoms with Crippen LogP contribution in [0.3, 0.4) is 0 Å². The van der Waals surface area contributed by atoms with Crippen LogP contribution >= 0.6 is 22.6 Å². The normalized spacial score (nSPS) is 18.3. The summed E-state index contributed by atoms with van der Waals surface area (Å²) >= 11 is 2.18. The molecule has 0 unspecified atom stereocenters. The second-order valence-corrected chi connectivity index (χ2v) is 6.22. The van der Waals surface area contributed by atoms with E-state index in [0.29, 0.717) is 12.1 Å². The van der Waals surface area contributed by atoms with E-state index in [2.05, 4.69) is 27.9 Å². The zero-order valence-corrected chi connectivity index (χ0v) is 12.4. The monoisotopic (exact) mass is 359 g/mol. The van der Waals surface area contributed by atoms with E-state index in [9.17, 15) is 9.90 Å². The number of amides is 1. The lowest BCUT2D eigenvalue weighted by Gasteiger charge is -2.32. The number of carbonyl (C=O) groups is 1. The molecule has 98 valence electrons. The van der Waals surface area contributed by atoms with Gasteiger partial charge in [-0.1, -0.05) is 25.3 Å². The van der Waals surface area contributed by atoms with Crippen LogP contribution in [-0.4, -0.2) is 23.2 Å². The first kappa shape index (κ1) is 13.8. The van der Waals surface area contributed by atoms with E-state index in [1.807, 2.05) is 18.2 Å². The summed E-state index contributed by atoms with van der Waals surface area (Å²) in [4.78, 5) is 12.0. The molecule has 1 aromatic rings. The summed E-state index contributed by atoms with van der Waals surface area (Å²) in [7, 11) is 0. The Morgan fingerprint density at radius 3 is 2.72 bits per heavy atom. The minimum absolute atomic E-state index is 0.104. The van der Waals surface area contributed by atoms with Crippen LogP contribution in [0.15, 0.2) is 24.3 Å². The molecule has 4 heteroatoms. The van der Waals surface area contributed by atoms with E-state index in [0.717, 1.165) is 29.3 Å². The molecule has 0 aliphatic heterocycles. The molecule has 1 aliphatic carbocycles. The summed E-state index contributed by atoms with van der Waals surface area (Å²) in [5.74, 6) is -0.104. The Morgan fingerprint density at radius 1 is 1.33 bits per heavy atom. The molecule has 3 nitrogen and oxygen atoms in total. The molecular weight excluding hydrogens is 341 g/mol. The fourth-order valence-corrected chi connectivity index (χ4v) is 2.91. The van der Waals surface area contributed by atoms with E-state index in [-0.39, 0.29) is 5.91 Å². The van der Waals surface area contributed by atoms with Crippen LogP contribution in [0.4, 0.5) is 0 Å². The summed E-state index contributed by atoms with van der Waals surface area (Å²) in [6.07, 6.45) is 4.87. The minimum atomic E-state index is -0.699. The van der Waals surface area contributed by atoms with E-state index in [1.165, 1.54) is 6.42 Å². The maximum absolute atomic E-state index is 12.0. The van der Waals surface area contributed by atoms with E-state index in [4.69, 9.17) is 0 Å². The topological polar surface area (TPSA) is 49.3 Å². The number of carbonyl (C=O) groups excluding carboxylic acids is 1. The lowest BCUT2D eigenvalue weighted by molar-refractivity contribution is 0.00525. The Hall–Kier alpha value is -0.620. The highest BCUT2D eigenvalue weighted by Gasteiger charge is 2.29. The predicted octanol–water partition coefficient (Wildman–Crippen LogP) is 2.72. The molecule has 0 atom stereocenters. The van der Waals surface area contributed by atoms with Crippen LogP contribution in [0, 0.1) is 3.57 Å². The lowest BCUT2D eigenvalue weighted by Crippen LogP contribution is -2.44. The molecule has 0 heterocycles. The second-order valence-electron chi connectivity index (χ2n) is 4.98. The largest absolute Gasteiger partial charge is 0.388 e. The van der Waals surface area contributed by atoms with Crippen molar-refractivity contribution in [3.8, 4) is 0 Å². The Labute approximate surface area is 121 Å². The summed E-state index contributed by atoms with van der Waals surface area (Å²) in [5.41, 5.74) is -0.0446. The summed E-state index contributed by atoms with van der Waals surface area (Å²) in [6, 6.07) is 7.46. The molecule has 2 rings (SSSR count). The Kier molecular flexibility index (Phi) is 4.61. The molecule has 1 amide bonds. The molecule has 1 fully saturated rings. The maximum Gasteiger partial charge on any atom is 0.251 e. The molecule has 2 N–H and O–H groups in total. The average molecular weight is 359 g/mol. The zero-order chi connectivity index (χ0) is 13.0. The van der Waals surface area contributed by atoms with Crippen molar-refractivity contribution in [2.75, 3.05) is 6.54 Å². The lowest BCUT2D eigenvalue weighted by atomic mass is 9.85. The van der Waals surface area contributed by atoms with Crippen molar-refractivity contribution in [1.82, 2.24) is 5.32 Å². The number of hydrogen-bond donors (Lipinski definition) is 2. The molecule has 1 saturated carbocycles. The van der Waals surface area contributed by atoms with Gasteiger partial charge in [-0.25, -0.2) is 0 Å². The van der Waals surface area contributed by atoms with E-state index in [1.54, 1.807) is 6.07 Å². The molecule has 0 spiro atoms. The van der Waals surface area contributed by atoms with Crippen LogP contribution in [0.1, 0.15) is 42.5 Å². The molecule has 0 saturated heterocycles. The van der Waals surface area contributed by atoms with Gasteiger partial charge in [0.15, 0.2) is 0 Å². The van der Waals surface area contributed by atoms with Gasteiger partial charge in [0.1, 0.15) is 0 Å². The number of halogens is 1. The van der Waals surface area contributed by atoms with Gasteiger partial charge in [-0.15, -0.1) is 0 Å². The highest BCUT2D eigenvalue weighted by atomic mass is 127.